The molecule has 0 aliphatic carbocycles. The van der Waals surface area contributed by atoms with Crippen LogP contribution in [-0.4, -0.2) is 18.0 Å². The molecule has 0 radical (unpaired) electrons. The molecule has 0 amide bonds. The molecule has 0 saturated carbocycles. The predicted molar refractivity (Wildman–Crippen MR) is 63.4 cm³/mol. The lowest BCUT2D eigenvalue weighted by Crippen LogP contribution is -2.41. The summed E-state index contributed by atoms with van der Waals surface area (Å²) in [6.07, 6.45) is 8.20. The van der Waals surface area contributed by atoms with Crippen molar-refractivity contribution in [1.29, 1.82) is 0 Å². The summed E-state index contributed by atoms with van der Waals surface area (Å²) in [4.78, 5) is 2.37. The Kier molecular flexibility index (Phi) is 3.58. The second-order valence-corrected chi connectivity index (χ2v) is 4.20. The lowest BCUT2D eigenvalue weighted by atomic mass is 9.94. The molecule has 0 aromatic heterocycles. The molecular weight excluding hydrogens is 201 g/mol. The van der Waals surface area contributed by atoms with E-state index in [0.29, 0.717) is 6.04 Å². The first kappa shape index (κ1) is 11.2. The Bertz CT molecular complexity index is 394. The van der Waals surface area contributed by atoms with Gasteiger partial charge >= 0.3 is 0 Å². The number of likely N-dealkylation sites (tertiary alicyclic amines) is 1. The summed E-state index contributed by atoms with van der Waals surface area (Å²) in [6, 6.07) is 7.31. The molecule has 2 rings (SSSR count). The molecule has 1 aliphatic heterocycles. The highest BCUT2D eigenvalue weighted by Gasteiger charge is 2.28. The Morgan fingerprint density at radius 3 is 3.00 bits per heavy atom. The summed E-state index contributed by atoms with van der Waals surface area (Å²) in [5.74, 6) is 2.50. The van der Waals surface area contributed by atoms with E-state index in [1.54, 1.807) is 12.1 Å². The molecule has 0 spiro atoms. The standard InChI is InChI=1S/C14H16FN/c1-2-3-4-9-16-10-8-14(16)12-6-5-7-13(15)11-12/h1,5-7,11,14H,3-4,8-10H2. The van der Waals surface area contributed by atoms with Gasteiger partial charge in [-0.05, 0) is 37.1 Å². The Morgan fingerprint density at radius 2 is 2.38 bits per heavy atom. The summed E-state index contributed by atoms with van der Waals surface area (Å²) in [5, 5.41) is 0. The van der Waals surface area contributed by atoms with Crippen LogP contribution >= 0.6 is 0 Å². The van der Waals surface area contributed by atoms with E-state index >= 15 is 0 Å². The molecule has 0 bridgehead atoms. The molecule has 1 aromatic carbocycles. The monoisotopic (exact) mass is 217 g/mol. The molecule has 1 nitrogen and oxygen atoms in total. The van der Waals surface area contributed by atoms with Gasteiger partial charge in [-0.15, -0.1) is 12.3 Å². The van der Waals surface area contributed by atoms with Crippen LogP contribution in [0.5, 0.6) is 0 Å². The average Bonchev–Trinajstić information content (AvgIpc) is 2.23. The highest BCUT2D eigenvalue weighted by atomic mass is 19.1. The summed E-state index contributed by atoms with van der Waals surface area (Å²) in [6.45, 7) is 2.12. The molecule has 84 valence electrons. The van der Waals surface area contributed by atoms with E-state index in [1.165, 1.54) is 6.07 Å². The zero-order valence-electron chi connectivity index (χ0n) is 9.32. The van der Waals surface area contributed by atoms with Crippen molar-refractivity contribution in [3.05, 3.63) is 35.6 Å². The van der Waals surface area contributed by atoms with Crippen molar-refractivity contribution in [1.82, 2.24) is 4.90 Å². The number of nitrogens with zero attached hydrogens (tertiary/aromatic N) is 1. The average molecular weight is 217 g/mol. The number of hydrogen-bond donors (Lipinski definition) is 0. The molecular formula is C14H16FN. The third-order valence-corrected chi connectivity index (χ3v) is 3.13. The topological polar surface area (TPSA) is 3.24 Å². The Labute approximate surface area is 96.3 Å². The van der Waals surface area contributed by atoms with Gasteiger partial charge in [0.15, 0.2) is 0 Å². The summed E-state index contributed by atoms with van der Waals surface area (Å²) < 4.78 is 13.1. The van der Waals surface area contributed by atoms with Gasteiger partial charge in [0.05, 0.1) is 0 Å². The number of terminal acetylenes is 1. The van der Waals surface area contributed by atoms with Gasteiger partial charge in [-0.2, -0.15) is 0 Å². The first-order valence-corrected chi connectivity index (χ1v) is 5.74. The Hall–Kier alpha value is -1.33. The van der Waals surface area contributed by atoms with Crippen LogP contribution in [0.3, 0.4) is 0 Å². The van der Waals surface area contributed by atoms with Crippen molar-refractivity contribution >= 4 is 0 Å². The van der Waals surface area contributed by atoms with Crippen LogP contribution in [0.4, 0.5) is 4.39 Å². The fourth-order valence-electron chi connectivity index (χ4n) is 2.18. The fraction of sp³-hybridized carbons (Fsp3) is 0.429. The maximum atomic E-state index is 13.1. The maximum absolute atomic E-state index is 13.1. The molecule has 1 fully saturated rings. The van der Waals surface area contributed by atoms with Gasteiger partial charge in [0, 0.05) is 19.0 Å². The number of hydrogen-bond acceptors (Lipinski definition) is 1. The largest absolute Gasteiger partial charge is 0.296 e. The molecule has 1 atom stereocenters. The minimum Gasteiger partial charge on any atom is -0.296 e. The van der Waals surface area contributed by atoms with Crippen molar-refractivity contribution in [2.24, 2.45) is 0 Å². The van der Waals surface area contributed by atoms with Crippen LogP contribution in [0, 0.1) is 18.2 Å². The van der Waals surface area contributed by atoms with Gasteiger partial charge in [-0.3, -0.25) is 4.90 Å². The highest BCUT2D eigenvalue weighted by Crippen LogP contribution is 2.33. The molecule has 16 heavy (non-hydrogen) atoms. The second kappa shape index (κ2) is 5.14. The van der Waals surface area contributed by atoms with Gasteiger partial charge in [0.25, 0.3) is 0 Å². The van der Waals surface area contributed by atoms with Crippen LogP contribution in [-0.2, 0) is 0 Å². The number of rotatable bonds is 4. The third-order valence-electron chi connectivity index (χ3n) is 3.13. The molecule has 1 unspecified atom stereocenters. The first-order chi connectivity index (χ1) is 7.81. The van der Waals surface area contributed by atoms with Gasteiger partial charge in [-0.1, -0.05) is 12.1 Å². The van der Waals surface area contributed by atoms with E-state index in [2.05, 4.69) is 10.8 Å². The van der Waals surface area contributed by atoms with Crippen molar-refractivity contribution < 1.29 is 4.39 Å². The van der Waals surface area contributed by atoms with E-state index in [4.69, 9.17) is 6.42 Å². The lowest BCUT2D eigenvalue weighted by molar-refractivity contribution is 0.0897. The zero-order chi connectivity index (χ0) is 11.4. The van der Waals surface area contributed by atoms with E-state index in [0.717, 1.165) is 37.9 Å². The predicted octanol–water partition coefficient (Wildman–Crippen LogP) is 2.99. The highest BCUT2D eigenvalue weighted by molar-refractivity contribution is 5.22. The minimum absolute atomic E-state index is 0.145. The minimum atomic E-state index is -0.145. The zero-order valence-corrected chi connectivity index (χ0v) is 9.32. The quantitative estimate of drug-likeness (QED) is 0.553. The van der Waals surface area contributed by atoms with Crippen LogP contribution in [0.1, 0.15) is 30.9 Å². The maximum Gasteiger partial charge on any atom is 0.123 e. The molecule has 1 aliphatic rings. The number of unbranched alkanes of at least 4 members (excludes halogenated alkanes) is 1. The molecule has 0 N–H and O–H groups in total. The molecule has 1 saturated heterocycles. The molecule has 1 aromatic rings. The van der Waals surface area contributed by atoms with E-state index in [9.17, 15) is 4.39 Å². The molecule has 2 heteroatoms. The first-order valence-electron chi connectivity index (χ1n) is 5.74. The van der Waals surface area contributed by atoms with E-state index < -0.39 is 0 Å². The summed E-state index contributed by atoms with van der Waals surface area (Å²) in [5.41, 5.74) is 1.09. The smallest absolute Gasteiger partial charge is 0.123 e. The van der Waals surface area contributed by atoms with Crippen molar-refractivity contribution in [3.8, 4) is 12.3 Å². The van der Waals surface area contributed by atoms with Crippen molar-refractivity contribution in [2.75, 3.05) is 13.1 Å². The third kappa shape index (κ3) is 2.43. The van der Waals surface area contributed by atoms with Crippen LogP contribution in [0.15, 0.2) is 24.3 Å². The van der Waals surface area contributed by atoms with Gasteiger partial charge in [0.2, 0.25) is 0 Å². The lowest BCUT2D eigenvalue weighted by Gasteiger charge is -2.41. The summed E-state index contributed by atoms with van der Waals surface area (Å²) >= 11 is 0. The molecule has 1 heterocycles. The van der Waals surface area contributed by atoms with Crippen molar-refractivity contribution in [2.45, 2.75) is 25.3 Å². The van der Waals surface area contributed by atoms with Crippen molar-refractivity contribution in [3.63, 3.8) is 0 Å². The van der Waals surface area contributed by atoms with Crippen LogP contribution in [0.2, 0.25) is 0 Å². The summed E-state index contributed by atoms with van der Waals surface area (Å²) in [7, 11) is 0. The Balaban J connectivity index is 1.93. The normalized spacial score (nSPS) is 20.1. The number of halogens is 1. The van der Waals surface area contributed by atoms with Crippen LogP contribution in [0.25, 0.3) is 0 Å². The van der Waals surface area contributed by atoms with Gasteiger partial charge in [-0.25, -0.2) is 4.39 Å². The Morgan fingerprint density at radius 1 is 1.50 bits per heavy atom. The second-order valence-electron chi connectivity index (χ2n) is 4.20. The van der Waals surface area contributed by atoms with Crippen LogP contribution < -0.4 is 0 Å². The van der Waals surface area contributed by atoms with E-state index in [-0.39, 0.29) is 5.82 Å². The van der Waals surface area contributed by atoms with Gasteiger partial charge in [0.1, 0.15) is 5.82 Å². The van der Waals surface area contributed by atoms with E-state index in [1.807, 2.05) is 6.07 Å². The SMILES string of the molecule is C#CCCCN1CCC1c1cccc(F)c1. The van der Waals surface area contributed by atoms with Gasteiger partial charge < -0.3 is 0 Å². The number of benzene rings is 1. The fourth-order valence-corrected chi connectivity index (χ4v) is 2.18.